The van der Waals surface area contributed by atoms with E-state index in [0.29, 0.717) is 32.2 Å². The lowest BCUT2D eigenvalue weighted by atomic mass is 9.34. The SMILES string of the molecule is CC(C)[C@@H](C)[C@@]1(C)CC[C@]2(C)[C@H]3CC[C@@H]4[C@@]5(COC[C@@]4(C)[C@@H](OC[C@H](N)C(C)(C)C)[C@H](n4ncnc4C(N)=O)C5)C3=CC[C@@]2(C)[C@@H]1C(=O)O. The third-order valence-electron chi connectivity index (χ3n) is 15.8. The summed E-state index contributed by atoms with van der Waals surface area (Å²) in [5, 5.41) is 15.7. The van der Waals surface area contributed by atoms with Gasteiger partial charge in [0.15, 0.2) is 0 Å². The maximum atomic E-state index is 13.5. The highest BCUT2D eigenvalue weighted by Gasteiger charge is 2.72. The molecule has 1 aromatic rings. The summed E-state index contributed by atoms with van der Waals surface area (Å²) in [5.74, 6) is -0.393. The molecule has 49 heavy (non-hydrogen) atoms. The molecule has 2 heterocycles. The Morgan fingerprint density at radius 3 is 2.41 bits per heavy atom. The lowest BCUT2D eigenvalue weighted by Gasteiger charge is -2.71. The molecule has 274 valence electrons. The fourth-order valence-corrected chi connectivity index (χ4v) is 12.2. The third-order valence-corrected chi connectivity index (χ3v) is 15.8. The Balaban J connectivity index is 1.46. The first-order chi connectivity index (χ1) is 22.7. The van der Waals surface area contributed by atoms with Gasteiger partial charge < -0.3 is 26.0 Å². The lowest BCUT2D eigenvalue weighted by Crippen LogP contribution is -2.69. The van der Waals surface area contributed by atoms with Crippen LogP contribution in [0.1, 0.15) is 124 Å². The van der Waals surface area contributed by atoms with E-state index in [1.54, 1.807) is 4.68 Å². The van der Waals surface area contributed by atoms with Crippen LogP contribution in [0.5, 0.6) is 0 Å². The number of aliphatic carboxylic acids is 1. The van der Waals surface area contributed by atoms with Gasteiger partial charge in [0.05, 0.1) is 37.9 Å². The molecule has 0 radical (unpaired) electrons. The fraction of sp³-hybridized carbons (Fsp3) is 0.846. The molecule has 4 fully saturated rings. The Morgan fingerprint density at radius 1 is 1.10 bits per heavy atom. The molecule has 4 aliphatic carbocycles. The maximum absolute atomic E-state index is 13.5. The molecule has 5 aliphatic rings. The average Bonchev–Trinajstić information content (AvgIpc) is 3.50. The zero-order valence-corrected chi connectivity index (χ0v) is 31.7. The van der Waals surface area contributed by atoms with Crippen LogP contribution >= 0.6 is 0 Å². The first-order valence-electron chi connectivity index (χ1n) is 18.8. The topological polar surface area (TPSA) is 156 Å². The highest BCUT2D eigenvalue weighted by molar-refractivity contribution is 5.89. The highest BCUT2D eigenvalue weighted by Crippen LogP contribution is 2.75. The molecular weight excluding hydrogens is 618 g/mol. The summed E-state index contributed by atoms with van der Waals surface area (Å²) in [5.41, 5.74) is 12.2. The minimum Gasteiger partial charge on any atom is -0.481 e. The van der Waals surface area contributed by atoms with Crippen molar-refractivity contribution in [2.45, 2.75) is 126 Å². The summed E-state index contributed by atoms with van der Waals surface area (Å²) in [4.78, 5) is 30.4. The second kappa shape index (κ2) is 11.9. The van der Waals surface area contributed by atoms with Crippen molar-refractivity contribution in [1.82, 2.24) is 14.8 Å². The van der Waals surface area contributed by atoms with Crippen molar-refractivity contribution in [3.8, 4) is 0 Å². The van der Waals surface area contributed by atoms with Gasteiger partial charge in [-0.05, 0) is 83.9 Å². The van der Waals surface area contributed by atoms with Gasteiger partial charge in [-0.2, -0.15) is 5.10 Å². The van der Waals surface area contributed by atoms with E-state index in [-0.39, 0.29) is 63.4 Å². The van der Waals surface area contributed by atoms with Gasteiger partial charge in [0.1, 0.15) is 6.33 Å². The normalized spacial score (nSPS) is 43.1. The van der Waals surface area contributed by atoms with E-state index in [1.807, 2.05) is 0 Å². The molecule has 1 saturated heterocycles. The molecule has 1 amide bonds. The molecule has 1 aromatic heterocycles. The smallest absolute Gasteiger partial charge is 0.307 e. The van der Waals surface area contributed by atoms with Gasteiger partial charge in [-0.25, -0.2) is 9.67 Å². The largest absolute Gasteiger partial charge is 0.481 e. The molecule has 5 N–H and O–H groups in total. The second-order valence-electron chi connectivity index (χ2n) is 19.2. The van der Waals surface area contributed by atoms with Gasteiger partial charge in [0.2, 0.25) is 5.82 Å². The molecule has 3 saturated carbocycles. The predicted molar refractivity (Wildman–Crippen MR) is 188 cm³/mol. The number of carboxylic acids is 1. The maximum Gasteiger partial charge on any atom is 0.307 e. The van der Waals surface area contributed by atoms with Crippen molar-refractivity contribution in [2.75, 3.05) is 19.8 Å². The van der Waals surface area contributed by atoms with Crippen LogP contribution in [0.3, 0.4) is 0 Å². The number of nitrogens with zero attached hydrogens (tertiary/aromatic N) is 3. The highest BCUT2D eigenvalue weighted by atomic mass is 16.5. The monoisotopic (exact) mass is 681 g/mol. The second-order valence-corrected chi connectivity index (χ2v) is 19.2. The van der Waals surface area contributed by atoms with Crippen LogP contribution in [-0.4, -0.2) is 63.7 Å². The number of rotatable bonds is 8. The van der Waals surface area contributed by atoms with Gasteiger partial charge in [0, 0.05) is 16.9 Å². The van der Waals surface area contributed by atoms with E-state index in [0.717, 1.165) is 32.1 Å². The summed E-state index contributed by atoms with van der Waals surface area (Å²) in [6.07, 6.45) is 8.83. The summed E-state index contributed by atoms with van der Waals surface area (Å²) in [6, 6.07) is -0.498. The Kier molecular flexibility index (Phi) is 8.84. The lowest BCUT2D eigenvalue weighted by molar-refractivity contribution is -0.251. The molecule has 0 unspecified atom stereocenters. The van der Waals surface area contributed by atoms with E-state index in [9.17, 15) is 14.7 Å². The first kappa shape index (κ1) is 36.5. The van der Waals surface area contributed by atoms with Crippen molar-refractivity contribution in [2.24, 2.45) is 73.5 Å². The zero-order valence-electron chi connectivity index (χ0n) is 31.7. The van der Waals surface area contributed by atoms with Crippen molar-refractivity contribution >= 4 is 11.9 Å². The minimum absolute atomic E-state index is 0.135. The molecule has 1 aliphatic heterocycles. The van der Waals surface area contributed by atoms with Crippen molar-refractivity contribution in [3.63, 3.8) is 0 Å². The Morgan fingerprint density at radius 2 is 1.80 bits per heavy atom. The van der Waals surface area contributed by atoms with Crippen LogP contribution in [-0.2, 0) is 14.3 Å². The number of fused-ring (bicyclic) bond motifs is 3. The standard InChI is InChI=1S/C39H63N5O5/c1-22(2)23(3)35(7)15-16-37(9)24-11-12-27-36(8)19-48-20-39(27,25(24)13-14-38(37,10)29(35)33(46)47)17-26(44-32(31(41)45)42-21-43-44)30(36)49-18-28(40)34(4,5)6/h13,21-24,26-30H,11-12,14-20,40H2,1-10H3,(H2,41,45)(H,46,47)/t23-,24+,26-,27+,28+,29-,30+,35-,36-,37-,38+,39+/m1/s1. The van der Waals surface area contributed by atoms with Crippen LogP contribution in [0.15, 0.2) is 18.0 Å². The number of hydrogen-bond acceptors (Lipinski definition) is 7. The van der Waals surface area contributed by atoms with Crippen LogP contribution < -0.4 is 11.5 Å². The van der Waals surface area contributed by atoms with E-state index in [2.05, 4.69) is 85.4 Å². The number of carboxylic acid groups (broad SMARTS) is 1. The van der Waals surface area contributed by atoms with Crippen molar-refractivity contribution in [3.05, 3.63) is 23.8 Å². The Labute approximate surface area is 293 Å². The van der Waals surface area contributed by atoms with Crippen molar-refractivity contribution < 1.29 is 24.2 Å². The average molecular weight is 682 g/mol. The minimum atomic E-state index is -0.656. The number of hydrogen-bond donors (Lipinski definition) is 3. The van der Waals surface area contributed by atoms with Gasteiger partial charge in [-0.3, -0.25) is 9.59 Å². The quantitative estimate of drug-likeness (QED) is 0.272. The number of ether oxygens (including phenoxy) is 2. The Hall–Kier alpha value is -2.30. The van der Waals surface area contributed by atoms with E-state index in [1.165, 1.54) is 11.9 Å². The number of primary amides is 1. The predicted octanol–water partition coefficient (Wildman–Crippen LogP) is 6.27. The van der Waals surface area contributed by atoms with Gasteiger partial charge in [-0.15, -0.1) is 0 Å². The van der Waals surface area contributed by atoms with Crippen LogP contribution in [0.4, 0.5) is 0 Å². The molecule has 6 rings (SSSR count). The number of carbonyl (C=O) groups is 2. The number of carbonyl (C=O) groups excluding carboxylic acids is 1. The molecule has 10 nitrogen and oxygen atoms in total. The molecule has 12 atom stereocenters. The number of amides is 1. The fourth-order valence-electron chi connectivity index (χ4n) is 12.2. The molecule has 0 aromatic carbocycles. The molecule has 2 bridgehead atoms. The summed E-state index contributed by atoms with van der Waals surface area (Å²) in [7, 11) is 0. The van der Waals surface area contributed by atoms with E-state index < -0.39 is 28.6 Å². The third kappa shape index (κ3) is 5.11. The van der Waals surface area contributed by atoms with E-state index >= 15 is 0 Å². The number of nitrogens with two attached hydrogens (primary N) is 2. The van der Waals surface area contributed by atoms with E-state index in [4.69, 9.17) is 20.9 Å². The van der Waals surface area contributed by atoms with Crippen LogP contribution in [0.25, 0.3) is 0 Å². The summed E-state index contributed by atoms with van der Waals surface area (Å²) >= 11 is 0. The summed E-state index contributed by atoms with van der Waals surface area (Å²) < 4.78 is 15.3. The number of allylic oxidation sites excluding steroid dienone is 1. The van der Waals surface area contributed by atoms with Crippen molar-refractivity contribution in [1.29, 1.82) is 0 Å². The summed E-state index contributed by atoms with van der Waals surface area (Å²) in [6.45, 7) is 23.8. The van der Waals surface area contributed by atoms with Crippen LogP contribution in [0, 0.1) is 62.1 Å². The first-order valence-corrected chi connectivity index (χ1v) is 18.8. The Bertz CT molecular complexity index is 1500. The molecule has 10 heteroatoms. The van der Waals surface area contributed by atoms with Gasteiger partial charge >= 0.3 is 5.97 Å². The zero-order chi connectivity index (χ0) is 36.1. The number of aromatic nitrogens is 3. The molecule has 0 spiro atoms. The molecular formula is C39H63N5O5. The van der Waals surface area contributed by atoms with Crippen LogP contribution in [0.2, 0.25) is 0 Å². The van der Waals surface area contributed by atoms with Gasteiger partial charge in [-0.1, -0.05) is 80.9 Å². The van der Waals surface area contributed by atoms with Gasteiger partial charge in [0.25, 0.3) is 5.91 Å².